The summed E-state index contributed by atoms with van der Waals surface area (Å²) in [6.45, 7) is 4.33. The van der Waals surface area contributed by atoms with Crippen LogP contribution in [-0.4, -0.2) is 25.8 Å². The monoisotopic (exact) mass is 245 g/mol. The molecule has 0 amide bonds. The first kappa shape index (κ1) is 13.3. The van der Waals surface area contributed by atoms with Crippen LogP contribution in [0.3, 0.4) is 0 Å². The Morgan fingerprint density at radius 3 is 2.56 bits per heavy atom. The van der Waals surface area contributed by atoms with E-state index in [0.717, 1.165) is 32.4 Å². The third-order valence-corrected chi connectivity index (χ3v) is 3.76. The van der Waals surface area contributed by atoms with Crippen molar-refractivity contribution >= 4 is 6.08 Å². The molecule has 1 heterocycles. The summed E-state index contributed by atoms with van der Waals surface area (Å²) in [6.07, 6.45) is 5.50. The lowest BCUT2D eigenvalue weighted by Crippen LogP contribution is -2.43. The normalized spacial score (nSPS) is 19.8. The molecule has 0 saturated carbocycles. The molecule has 2 nitrogen and oxygen atoms in total. The van der Waals surface area contributed by atoms with Crippen LogP contribution in [-0.2, 0) is 4.74 Å². The molecular formula is C16H23NO. The SMILES string of the molecule is COC1(C/C(C)=C/c2ccccc2)CCNCC1. The van der Waals surface area contributed by atoms with Gasteiger partial charge in [-0.05, 0) is 44.8 Å². The van der Waals surface area contributed by atoms with Gasteiger partial charge in [0, 0.05) is 7.11 Å². The van der Waals surface area contributed by atoms with Crippen molar-refractivity contribution in [1.29, 1.82) is 0 Å². The van der Waals surface area contributed by atoms with Crippen LogP contribution < -0.4 is 5.32 Å². The first-order chi connectivity index (χ1) is 8.74. The van der Waals surface area contributed by atoms with Gasteiger partial charge < -0.3 is 10.1 Å². The van der Waals surface area contributed by atoms with Gasteiger partial charge >= 0.3 is 0 Å². The Hall–Kier alpha value is -1.12. The standard InChI is InChI=1S/C16H23NO/c1-14(12-15-6-4-3-5-7-15)13-16(18-2)8-10-17-11-9-16/h3-7,12,17H,8-11,13H2,1-2H3/b14-12+. The summed E-state index contributed by atoms with van der Waals surface area (Å²) >= 11 is 0. The van der Waals surface area contributed by atoms with E-state index in [-0.39, 0.29) is 5.60 Å². The third kappa shape index (κ3) is 3.44. The van der Waals surface area contributed by atoms with Crippen molar-refractivity contribution in [3.05, 3.63) is 41.5 Å². The van der Waals surface area contributed by atoms with Gasteiger partial charge in [-0.15, -0.1) is 0 Å². The van der Waals surface area contributed by atoms with Crippen LogP contribution in [0.4, 0.5) is 0 Å². The molecule has 0 spiro atoms. The molecule has 1 aromatic carbocycles. The average Bonchev–Trinajstić information content (AvgIpc) is 2.41. The van der Waals surface area contributed by atoms with Gasteiger partial charge in [0.25, 0.3) is 0 Å². The van der Waals surface area contributed by atoms with Crippen molar-refractivity contribution in [3.63, 3.8) is 0 Å². The molecule has 1 aromatic rings. The number of rotatable bonds is 4. The highest BCUT2D eigenvalue weighted by Gasteiger charge is 2.31. The Morgan fingerprint density at radius 2 is 1.94 bits per heavy atom. The van der Waals surface area contributed by atoms with E-state index in [1.54, 1.807) is 0 Å². The summed E-state index contributed by atoms with van der Waals surface area (Å²) < 4.78 is 5.81. The topological polar surface area (TPSA) is 21.3 Å². The zero-order valence-corrected chi connectivity index (χ0v) is 11.4. The van der Waals surface area contributed by atoms with E-state index in [0.29, 0.717) is 0 Å². The van der Waals surface area contributed by atoms with Gasteiger partial charge in [-0.3, -0.25) is 0 Å². The van der Waals surface area contributed by atoms with E-state index in [4.69, 9.17) is 4.74 Å². The molecule has 98 valence electrons. The minimum atomic E-state index is 0.0423. The number of nitrogens with one attached hydrogen (secondary N) is 1. The van der Waals surface area contributed by atoms with Crippen molar-refractivity contribution in [1.82, 2.24) is 5.32 Å². The minimum absolute atomic E-state index is 0.0423. The second-order valence-corrected chi connectivity index (χ2v) is 5.22. The third-order valence-electron chi connectivity index (χ3n) is 3.76. The Kier molecular flexibility index (Phi) is 4.56. The molecule has 1 saturated heterocycles. The maximum atomic E-state index is 5.81. The summed E-state index contributed by atoms with van der Waals surface area (Å²) in [5.74, 6) is 0. The first-order valence-electron chi connectivity index (χ1n) is 6.72. The Balaban J connectivity index is 2.05. The van der Waals surface area contributed by atoms with Crippen molar-refractivity contribution in [2.24, 2.45) is 0 Å². The molecule has 0 atom stereocenters. The molecule has 18 heavy (non-hydrogen) atoms. The summed E-state index contributed by atoms with van der Waals surface area (Å²) in [7, 11) is 1.85. The molecular weight excluding hydrogens is 222 g/mol. The van der Waals surface area contributed by atoms with Gasteiger partial charge in [-0.1, -0.05) is 42.0 Å². The zero-order valence-electron chi connectivity index (χ0n) is 11.4. The molecule has 2 heteroatoms. The fourth-order valence-corrected chi connectivity index (χ4v) is 2.73. The second kappa shape index (κ2) is 6.17. The van der Waals surface area contributed by atoms with Crippen molar-refractivity contribution in [2.75, 3.05) is 20.2 Å². The minimum Gasteiger partial charge on any atom is -0.378 e. The van der Waals surface area contributed by atoms with Crippen LogP contribution >= 0.6 is 0 Å². The van der Waals surface area contributed by atoms with E-state index < -0.39 is 0 Å². The zero-order chi connectivity index (χ0) is 12.8. The van der Waals surface area contributed by atoms with Gasteiger partial charge in [0.15, 0.2) is 0 Å². The lowest BCUT2D eigenvalue weighted by molar-refractivity contribution is -0.0330. The molecule has 0 aliphatic carbocycles. The van der Waals surface area contributed by atoms with E-state index >= 15 is 0 Å². The lowest BCUT2D eigenvalue weighted by Gasteiger charge is -2.36. The number of benzene rings is 1. The Bertz CT molecular complexity index is 391. The number of hydrogen-bond acceptors (Lipinski definition) is 2. The van der Waals surface area contributed by atoms with Crippen LogP contribution in [0.25, 0.3) is 6.08 Å². The smallest absolute Gasteiger partial charge is 0.0739 e. The fourth-order valence-electron chi connectivity index (χ4n) is 2.73. The molecule has 0 aromatic heterocycles. The molecule has 0 bridgehead atoms. The van der Waals surface area contributed by atoms with E-state index in [1.165, 1.54) is 11.1 Å². The predicted octanol–water partition coefficient (Wildman–Crippen LogP) is 3.25. The fraction of sp³-hybridized carbons (Fsp3) is 0.500. The quantitative estimate of drug-likeness (QED) is 0.879. The van der Waals surface area contributed by atoms with Gasteiger partial charge in [0.05, 0.1) is 5.60 Å². The summed E-state index contributed by atoms with van der Waals surface area (Å²) in [6, 6.07) is 10.5. The van der Waals surface area contributed by atoms with Crippen molar-refractivity contribution in [2.45, 2.75) is 31.8 Å². The van der Waals surface area contributed by atoms with E-state index in [9.17, 15) is 0 Å². The maximum Gasteiger partial charge on any atom is 0.0739 e. The average molecular weight is 245 g/mol. The van der Waals surface area contributed by atoms with Crippen molar-refractivity contribution in [3.8, 4) is 0 Å². The van der Waals surface area contributed by atoms with E-state index in [2.05, 4.69) is 48.6 Å². The second-order valence-electron chi connectivity index (χ2n) is 5.22. The summed E-state index contributed by atoms with van der Waals surface area (Å²) in [5.41, 5.74) is 2.71. The summed E-state index contributed by atoms with van der Waals surface area (Å²) in [5, 5.41) is 3.40. The largest absolute Gasteiger partial charge is 0.378 e. The van der Waals surface area contributed by atoms with Gasteiger partial charge in [0.1, 0.15) is 0 Å². The Labute approximate surface area is 110 Å². The number of hydrogen-bond donors (Lipinski definition) is 1. The molecule has 0 radical (unpaired) electrons. The highest BCUT2D eigenvalue weighted by atomic mass is 16.5. The van der Waals surface area contributed by atoms with Crippen LogP contribution in [0.2, 0.25) is 0 Å². The lowest BCUT2D eigenvalue weighted by atomic mass is 9.85. The molecule has 0 unspecified atom stereocenters. The first-order valence-corrected chi connectivity index (χ1v) is 6.72. The summed E-state index contributed by atoms with van der Waals surface area (Å²) in [4.78, 5) is 0. The van der Waals surface area contributed by atoms with Crippen LogP contribution in [0, 0.1) is 0 Å². The predicted molar refractivity (Wildman–Crippen MR) is 76.6 cm³/mol. The molecule has 2 rings (SSSR count). The van der Waals surface area contributed by atoms with Crippen molar-refractivity contribution < 1.29 is 4.74 Å². The molecule has 1 aliphatic rings. The molecule has 1 aliphatic heterocycles. The number of methoxy groups -OCH3 is 1. The highest BCUT2D eigenvalue weighted by Crippen LogP contribution is 2.30. The van der Waals surface area contributed by atoms with Crippen LogP contribution in [0.15, 0.2) is 35.9 Å². The number of ether oxygens (including phenoxy) is 1. The highest BCUT2D eigenvalue weighted by molar-refractivity contribution is 5.52. The van der Waals surface area contributed by atoms with Gasteiger partial charge in [-0.25, -0.2) is 0 Å². The van der Waals surface area contributed by atoms with Crippen LogP contribution in [0.1, 0.15) is 31.7 Å². The number of piperidine rings is 1. The molecule has 1 fully saturated rings. The Morgan fingerprint density at radius 1 is 1.28 bits per heavy atom. The maximum absolute atomic E-state index is 5.81. The van der Waals surface area contributed by atoms with E-state index in [1.807, 2.05) is 7.11 Å². The van der Waals surface area contributed by atoms with Crippen LogP contribution in [0.5, 0.6) is 0 Å². The van der Waals surface area contributed by atoms with Gasteiger partial charge in [-0.2, -0.15) is 0 Å². The van der Waals surface area contributed by atoms with Gasteiger partial charge in [0.2, 0.25) is 0 Å². The molecule has 1 N–H and O–H groups in total.